The number of benzene rings is 2. The number of hydrogen-bond acceptors (Lipinski definition) is 6. The number of para-hydroxylation sites is 1. The molecule has 0 saturated carbocycles. The van der Waals surface area contributed by atoms with Crippen LogP contribution in [-0.4, -0.2) is 40.4 Å². The molecular weight excluding hydrogens is 410 g/mol. The average molecular weight is 440 g/mol. The van der Waals surface area contributed by atoms with Crippen molar-refractivity contribution in [1.29, 1.82) is 0 Å². The first-order valence-electron chi connectivity index (χ1n) is 10.5. The van der Waals surface area contributed by atoms with E-state index in [1.165, 1.54) is 0 Å². The lowest BCUT2D eigenvalue weighted by atomic mass is 10.1. The molecule has 0 unspecified atom stereocenters. The van der Waals surface area contributed by atoms with Crippen LogP contribution in [0.2, 0.25) is 0 Å². The highest BCUT2D eigenvalue weighted by molar-refractivity contribution is 5.91. The Morgan fingerprint density at radius 2 is 1.66 bits per heavy atom. The van der Waals surface area contributed by atoms with Gasteiger partial charge in [0.2, 0.25) is 0 Å². The highest BCUT2D eigenvalue weighted by Crippen LogP contribution is 2.35. The molecule has 0 saturated heterocycles. The van der Waals surface area contributed by atoms with Gasteiger partial charge >= 0.3 is 0 Å². The first-order chi connectivity index (χ1) is 15.6. The Morgan fingerprint density at radius 1 is 0.938 bits per heavy atom. The van der Waals surface area contributed by atoms with Crippen molar-refractivity contribution in [2.75, 3.05) is 34.5 Å². The van der Waals surface area contributed by atoms with E-state index >= 15 is 0 Å². The second kappa shape index (κ2) is 11.1. The lowest BCUT2D eigenvalue weighted by Gasteiger charge is -2.14. The monoisotopic (exact) mass is 439 g/mol. The summed E-state index contributed by atoms with van der Waals surface area (Å²) in [7, 11) is 4.76. The largest absolute Gasteiger partial charge is 0.496 e. The number of rotatable bonds is 11. The van der Waals surface area contributed by atoms with Gasteiger partial charge in [0.25, 0.3) is 5.91 Å². The Hall–Kier alpha value is -3.61. The molecule has 0 fully saturated rings. The summed E-state index contributed by atoms with van der Waals surface area (Å²) in [6.07, 6.45) is 1.07. The first kappa shape index (κ1) is 23.1. The van der Waals surface area contributed by atoms with Crippen LogP contribution in [-0.2, 0) is 12.8 Å². The van der Waals surface area contributed by atoms with E-state index in [4.69, 9.17) is 23.4 Å². The summed E-state index contributed by atoms with van der Waals surface area (Å²) < 4.78 is 27.7. The van der Waals surface area contributed by atoms with Crippen molar-refractivity contribution in [2.45, 2.75) is 19.8 Å². The van der Waals surface area contributed by atoms with Gasteiger partial charge in [-0.15, -0.1) is 0 Å². The molecule has 2 aromatic carbocycles. The maximum Gasteiger partial charge on any atom is 0.287 e. The molecule has 32 heavy (non-hydrogen) atoms. The number of carbonyl (C=O) groups excluding carboxylic acids is 1. The quantitative estimate of drug-likeness (QED) is 0.481. The third-order valence-electron chi connectivity index (χ3n) is 5.01. The molecule has 3 aromatic rings. The average Bonchev–Trinajstić information content (AvgIpc) is 3.29. The van der Waals surface area contributed by atoms with Crippen LogP contribution in [0.4, 0.5) is 0 Å². The van der Waals surface area contributed by atoms with Gasteiger partial charge in [0.1, 0.15) is 28.8 Å². The van der Waals surface area contributed by atoms with E-state index in [2.05, 4.69) is 5.32 Å². The molecule has 0 radical (unpaired) electrons. The van der Waals surface area contributed by atoms with E-state index in [0.29, 0.717) is 49.0 Å². The molecule has 3 rings (SSSR count). The standard InChI is InChI=1S/C25H29NO6/c1-5-31-21-9-7-6-8-17(21)12-13-26-25(27)22-11-10-18(32-22)14-20-23(29-3)15-19(28-2)16-24(20)30-4/h6-11,15-16H,5,12-14H2,1-4H3,(H,26,27). The van der Waals surface area contributed by atoms with Gasteiger partial charge in [0.05, 0.1) is 27.9 Å². The molecular formula is C25H29NO6. The van der Waals surface area contributed by atoms with Gasteiger partial charge in [-0.25, -0.2) is 0 Å². The Bertz CT molecular complexity index is 1020. The van der Waals surface area contributed by atoms with E-state index in [1.54, 1.807) is 45.6 Å². The molecule has 1 N–H and O–H groups in total. The highest BCUT2D eigenvalue weighted by atomic mass is 16.5. The van der Waals surface area contributed by atoms with Crippen LogP contribution in [0.5, 0.6) is 23.0 Å². The fourth-order valence-corrected chi connectivity index (χ4v) is 3.43. The van der Waals surface area contributed by atoms with Gasteiger partial charge in [-0.1, -0.05) is 18.2 Å². The Kier molecular flexibility index (Phi) is 8.02. The Balaban J connectivity index is 1.64. The summed E-state index contributed by atoms with van der Waals surface area (Å²) in [6.45, 7) is 3.02. The Morgan fingerprint density at radius 3 is 2.31 bits per heavy atom. The minimum absolute atomic E-state index is 0.254. The SMILES string of the molecule is CCOc1ccccc1CCNC(=O)c1ccc(Cc2c(OC)cc(OC)cc2OC)o1. The second-order valence-corrected chi connectivity index (χ2v) is 7.00. The molecule has 1 heterocycles. The van der Waals surface area contributed by atoms with Crippen molar-refractivity contribution in [3.05, 3.63) is 71.2 Å². The summed E-state index contributed by atoms with van der Waals surface area (Å²) in [6, 6.07) is 14.8. The molecule has 0 aliphatic heterocycles. The van der Waals surface area contributed by atoms with Gasteiger partial charge in [-0.05, 0) is 37.1 Å². The van der Waals surface area contributed by atoms with E-state index in [9.17, 15) is 4.79 Å². The smallest absolute Gasteiger partial charge is 0.287 e. The van der Waals surface area contributed by atoms with E-state index in [1.807, 2.05) is 31.2 Å². The third kappa shape index (κ3) is 5.55. The summed E-state index contributed by atoms with van der Waals surface area (Å²) in [5, 5.41) is 2.90. The number of nitrogens with one attached hydrogen (secondary N) is 1. The van der Waals surface area contributed by atoms with Crippen molar-refractivity contribution in [3.63, 3.8) is 0 Å². The summed E-state index contributed by atoms with van der Waals surface area (Å²) in [5.41, 5.74) is 1.86. The van der Waals surface area contributed by atoms with E-state index < -0.39 is 0 Å². The van der Waals surface area contributed by atoms with Gasteiger partial charge in [-0.3, -0.25) is 4.79 Å². The summed E-state index contributed by atoms with van der Waals surface area (Å²) in [4.78, 5) is 12.5. The van der Waals surface area contributed by atoms with Crippen molar-refractivity contribution in [2.24, 2.45) is 0 Å². The number of furan rings is 1. The number of amides is 1. The molecule has 0 atom stereocenters. The third-order valence-corrected chi connectivity index (χ3v) is 5.01. The van der Waals surface area contributed by atoms with Crippen molar-refractivity contribution in [1.82, 2.24) is 5.32 Å². The van der Waals surface area contributed by atoms with Gasteiger partial charge < -0.3 is 28.7 Å². The fourth-order valence-electron chi connectivity index (χ4n) is 3.43. The zero-order valence-corrected chi connectivity index (χ0v) is 18.9. The maximum absolute atomic E-state index is 12.5. The lowest BCUT2D eigenvalue weighted by molar-refractivity contribution is 0.0924. The summed E-state index contributed by atoms with van der Waals surface area (Å²) in [5.74, 6) is 3.33. The predicted octanol–water partition coefficient (Wildman–Crippen LogP) is 4.27. The van der Waals surface area contributed by atoms with Crippen LogP contribution >= 0.6 is 0 Å². The van der Waals surface area contributed by atoms with E-state index in [-0.39, 0.29) is 11.7 Å². The Labute approximate surface area is 188 Å². The first-order valence-corrected chi connectivity index (χ1v) is 10.5. The lowest BCUT2D eigenvalue weighted by Crippen LogP contribution is -2.25. The topological polar surface area (TPSA) is 79.2 Å². The van der Waals surface area contributed by atoms with E-state index in [0.717, 1.165) is 16.9 Å². The van der Waals surface area contributed by atoms with Crippen LogP contribution in [0.15, 0.2) is 52.9 Å². The van der Waals surface area contributed by atoms with Gasteiger partial charge in [0.15, 0.2) is 5.76 Å². The minimum Gasteiger partial charge on any atom is -0.496 e. The van der Waals surface area contributed by atoms with Crippen molar-refractivity contribution >= 4 is 5.91 Å². The predicted molar refractivity (Wildman–Crippen MR) is 121 cm³/mol. The van der Waals surface area contributed by atoms with Crippen molar-refractivity contribution < 1.29 is 28.2 Å². The molecule has 7 heteroatoms. The minimum atomic E-state index is -0.265. The zero-order valence-electron chi connectivity index (χ0n) is 18.9. The molecule has 0 bridgehead atoms. The molecule has 0 aliphatic rings. The van der Waals surface area contributed by atoms with Crippen LogP contribution in [0.1, 0.15) is 34.4 Å². The van der Waals surface area contributed by atoms with Gasteiger partial charge in [0, 0.05) is 30.7 Å². The zero-order chi connectivity index (χ0) is 22.9. The maximum atomic E-state index is 12.5. The second-order valence-electron chi connectivity index (χ2n) is 7.00. The number of ether oxygens (including phenoxy) is 4. The molecule has 170 valence electrons. The van der Waals surface area contributed by atoms with Gasteiger partial charge in [-0.2, -0.15) is 0 Å². The molecule has 7 nitrogen and oxygen atoms in total. The number of methoxy groups -OCH3 is 3. The van der Waals surface area contributed by atoms with Crippen LogP contribution in [0.25, 0.3) is 0 Å². The van der Waals surface area contributed by atoms with Crippen LogP contribution in [0.3, 0.4) is 0 Å². The van der Waals surface area contributed by atoms with Crippen LogP contribution in [0, 0.1) is 0 Å². The fraction of sp³-hybridized carbons (Fsp3) is 0.320. The number of hydrogen-bond donors (Lipinski definition) is 1. The van der Waals surface area contributed by atoms with Crippen LogP contribution < -0.4 is 24.3 Å². The molecule has 0 spiro atoms. The summed E-state index contributed by atoms with van der Waals surface area (Å²) >= 11 is 0. The molecule has 1 aromatic heterocycles. The molecule has 1 amide bonds. The molecule has 0 aliphatic carbocycles. The van der Waals surface area contributed by atoms with Crippen molar-refractivity contribution in [3.8, 4) is 23.0 Å². The highest BCUT2D eigenvalue weighted by Gasteiger charge is 2.17. The normalized spacial score (nSPS) is 10.5. The number of carbonyl (C=O) groups is 1.